The Hall–Kier alpha value is -3.11. The van der Waals surface area contributed by atoms with Crippen LogP contribution in [0.2, 0.25) is 10.0 Å². The minimum atomic E-state index is -0.725. The number of hydrogen-bond acceptors (Lipinski definition) is 7. The molecule has 8 nitrogen and oxygen atoms in total. The molecular weight excluding hydrogens is 475 g/mol. The van der Waals surface area contributed by atoms with E-state index in [1.165, 1.54) is 23.1 Å². The third-order valence-corrected chi connectivity index (χ3v) is 5.84. The van der Waals surface area contributed by atoms with Crippen LogP contribution in [0.3, 0.4) is 0 Å². The zero-order valence-electron chi connectivity index (χ0n) is 16.3. The number of nitrogens with zero attached hydrogens (tertiary/aromatic N) is 2. The lowest BCUT2D eigenvalue weighted by Gasteiger charge is -2.13. The average molecular weight is 491 g/mol. The quantitative estimate of drug-likeness (QED) is 0.360. The van der Waals surface area contributed by atoms with Crippen molar-refractivity contribution in [3.63, 3.8) is 0 Å². The fraction of sp³-hybridized carbons (Fsp3) is 0.0952. The Bertz CT molecular complexity index is 1350. The largest absolute Gasteiger partial charge is 0.508 e. The fourth-order valence-corrected chi connectivity index (χ4v) is 4.15. The van der Waals surface area contributed by atoms with Gasteiger partial charge in [0, 0.05) is 23.5 Å². The average Bonchev–Trinajstić information content (AvgIpc) is 3.26. The van der Waals surface area contributed by atoms with Crippen LogP contribution in [0.25, 0.3) is 5.69 Å². The van der Waals surface area contributed by atoms with Crippen molar-refractivity contribution in [2.75, 3.05) is 0 Å². The standard InChI is InChI=1S/C21H16Cl2N4O4S/c22-16-7-13(27-21(30)26-19(29)11-25-27)8-17(23)20(16)31-14-3-4-18(28)12(6-14)9-24-10-15-2-1-5-32-15/h1-8,11,24,28H,9-10H2,(H,26,29,30). The predicted molar refractivity (Wildman–Crippen MR) is 124 cm³/mol. The molecule has 32 heavy (non-hydrogen) atoms. The lowest BCUT2D eigenvalue weighted by Crippen LogP contribution is -2.30. The second-order valence-electron chi connectivity index (χ2n) is 6.66. The first-order valence-electron chi connectivity index (χ1n) is 9.31. The first-order chi connectivity index (χ1) is 15.4. The van der Waals surface area contributed by atoms with E-state index in [2.05, 4.69) is 15.4 Å². The molecule has 0 unspecified atom stereocenters. The van der Waals surface area contributed by atoms with Crippen LogP contribution >= 0.6 is 34.5 Å². The Morgan fingerprint density at radius 2 is 1.91 bits per heavy atom. The van der Waals surface area contributed by atoms with Crippen LogP contribution in [0.1, 0.15) is 10.4 Å². The summed E-state index contributed by atoms with van der Waals surface area (Å²) in [6.45, 7) is 1.11. The molecule has 2 aromatic heterocycles. The van der Waals surface area contributed by atoms with Gasteiger partial charge in [-0.15, -0.1) is 11.3 Å². The Labute approximate surface area is 195 Å². The van der Waals surface area contributed by atoms with E-state index < -0.39 is 11.2 Å². The van der Waals surface area contributed by atoms with Gasteiger partial charge in [0.15, 0.2) is 5.75 Å². The van der Waals surface area contributed by atoms with Gasteiger partial charge in [-0.3, -0.25) is 9.78 Å². The number of aromatic hydroxyl groups is 1. The molecule has 2 heterocycles. The molecule has 0 bridgehead atoms. The van der Waals surface area contributed by atoms with Gasteiger partial charge < -0.3 is 15.2 Å². The van der Waals surface area contributed by atoms with Crippen LogP contribution in [0.15, 0.2) is 63.6 Å². The summed E-state index contributed by atoms with van der Waals surface area (Å²) in [4.78, 5) is 26.5. The highest BCUT2D eigenvalue weighted by molar-refractivity contribution is 7.09. The van der Waals surface area contributed by atoms with Gasteiger partial charge >= 0.3 is 5.69 Å². The van der Waals surface area contributed by atoms with Gasteiger partial charge in [0.2, 0.25) is 0 Å². The number of phenols is 1. The van der Waals surface area contributed by atoms with Crippen LogP contribution in [0.4, 0.5) is 0 Å². The van der Waals surface area contributed by atoms with Crippen molar-refractivity contribution in [2.45, 2.75) is 13.1 Å². The van der Waals surface area contributed by atoms with Crippen molar-refractivity contribution in [3.8, 4) is 22.9 Å². The molecule has 0 aliphatic heterocycles. The molecule has 164 valence electrons. The maximum Gasteiger partial charge on any atom is 0.349 e. The summed E-state index contributed by atoms with van der Waals surface area (Å²) < 4.78 is 6.82. The monoisotopic (exact) mass is 490 g/mol. The third-order valence-electron chi connectivity index (χ3n) is 4.41. The molecule has 0 aliphatic carbocycles. The van der Waals surface area contributed by atoms with Crippen molar-refractivity contribution in [2.24, 2.45) is 0 Å². The Morgan fingerprint density at radius 1 is 1.12 bits per heavy atom. The molecule has 4 aromatic rings. The number of H-pyrrole nitrogens is 1. The lowest BCUT2D eigenvalue weighted by atomic mass is 10.2. The number of aromatic nitrogens is 3. The van der Waals surface area contributed by atoms with Crippen LogP contribution in [-0.4, -0.2) is 19.9 Å². The molecule has 0 spiro atoms. The Balaban J connectivity index is 1.54. The van der Waals surface area contributed by atoms with E-state index >= 15 is 0 Å². The highest BCUT2D eigenvalue weighted by atomic mass is 35.5. The van der Waals surface area contributed by atoms with E-state index in [0.29, 0.717) is 24.4 Å². The first-order valence-corrected chi connectivity index (χ1v) is 10.9. The molecule has 0 saturated heterocycles. The Morgan fingerprint density at radius 3 is 2.59 bits per heavy atom. The molecular formula is C21H16Cl2N4O4S. The smallest absolute Gasteiger partial charge is 0.349 e. The molecule has 0 saturated carbocycles. The van der Waals surface area contributed by atoms with Crippen molar-refractivity contribution in [1.82, 2.24) is 20.1 Å². The number of hydrogen-bond donors (Lipinski definition) is 3. The number of aromatic amines is 1. The van der Waals surface area contributed by atoms with Gasteiger partial charge in [-0.2, -0.15) is 9.78 Å². The number of phenolic OH excluding ortho intramolecular Hbond substituents is 1. The lowest BCUT2D eigenvalue weighted by molar-refractivity contribution is 0.454. The molecule has 0 atom stereocenters. The van der Waals surface area contributed by atoms with Gasteiger partial charge in [0.05, 0.1) is 15.7 Å². The number of halogens is 2. The summed E-state index contributed by atoms with van der Waals surface area (Å²) in [5.41, 5.74) is -0.433. The van der Waals surface area contributed by atoms with Crippen LogP contribution in [0.5, 0.6) is 17.2 Å². The van der Waals surface area contributed by atoms with Crippen LogP contribution < -0.4 is 21.3 Å². The fourth-order valence-electron chi connectivity index (χ4n) is 2.92. The maximum atomic E-state index is 12.0. The van der Waals surface area contributed by atoms with Crippen molar-refractivity contribution < 1.29 is 9.84 Å². The zero-order valence-corrected chi connectivity index (χ0v) is 18.7. The molecule has 11 heteroatoms. The van der Waals surface area contributed by atoms with Gasteiger partial charge in [-0.25, -0.2) is 4.79 Å². The van der Waals surface area contributed by atoms with E-state index in [0.717, 1.165) is 10.9 Å². The SMILES string of the molecule is O=c1cnn(-c2cc(Cl)c(Oc3ccc(O)c(CNCc4cccs4)c3)c(Cl)c2)c(=O)[nH]1. The maximum absolute atomic E-state index is 12.0. The zero-order chi connectivity index (χ0) is 22.7. The van der Waals surface area contributed by atoms with E-state index in [1.807, 2.05) is 17.5 Å². The molecule has 0 amide bonds. The highest BCUT2D eigenvalue weighted by Crippen LogP contribution is 2.38. The summed E-state index contributed by atoms with van der Waals surface area (Å²) in [5, 5.41) is 19.5. The minimum absolute atomic E-state index is 0.132. The van der Waals surface area contributed by atoms with Gasteiger partial charge in [0.25, 0.3) is 5.56 Å². The van der Waals surface area contributed by atoms with Gasteiger partial charge in [-0.05, 0) is 41.8 Å². The van der Waals surface area contributed by atoms with Crippen molar-refractivity contribution >= 4 is 34.5 Å². The summed E-state index contributed by atoms with van der Waals surface area (Å²) >= 11 is 14.3. The molecule has 2 aromatic carbocycles. The van der Waals surface area contributed by atoms with Crippen LogP contribution in [-0.2, 0) is 13.1 Å². The van der Waals surface area contributed by atoms with Crippen LogP contribution in [0, 0.1) is 0 Å². The van der Waals surface area contributed by atoms with Crippen molar-refractivity contribution in [3.05, 3.63) is 95.4 Å². The number of benzene rings is 2. The Kier molecular flexibility index (Phi) is 6.61. The summed E-state index contributed by atoms with van der Waals surface area (Å²) in [6, 6.07) is 11.7. The number of nitrogens with one attached hydrogen (secondary N) is 2. The topological polar surface area (TPSA) is 109 Å². The van der Waals surface area contributed by atoms with E-state index in [9.17, 15) is 14.7 Å². The third kappa shape index (κ3) is 5.03. The van der Waals surface area contributed by atoms with E-state index in [4.69, 9.17) is 27.9 Å². The van der Waals surface area contributed by atoms with Crippen molar-refractivity contribution in [1.29, 1.82) is 0 Å². The normalized spacial score (nSPS) is 10.9. The summed E-state index contributed by atoms with van der Waals surface area (Å²) in [6.07, 6.45) is 0.970. The highest BCUT2D eigenvalue weighted by Gasteiger charge is 2.14. The molecule has 0 fully saturated rings. The predicted octanol–water partition coefficient (Wildman–Crippen LogP) is 4.08. The molecule has 0 aliphatic rings. The summed E-state index contributed by atoms with van der Waals surface area (Å²) in [7, 11) is 0. The second-order valence-corrected chi connectivity index (χ2v) is 8.51. The number of thiophene rings is 1. The minimum Gasteiger partial charge on any atom is -0.508 e. The number of rotatable bonds is 7. The molecule has 3 N–H and O–H groups in total. The molecule has 4 rings (SSSR count). The number of ether oxygens (including phenoxy) is 1. The molecule has 0 radical (unpaired) electrons. The van der Waals surface area contributed by atoms with Gasteiger partial charge in [0.1, 0.15) is 17.7 Å². The first kappa shape index (κ1) is 22.1. The van der Waals surface area contributed by atoms with E-state index in [-0.39, 0.29) is 27.2 Å². The van der Waals surface area contributed by atoms with E-state index in [1.54, 1.807) is 23.5 Å². The van der Waals surface area contributed by atoms with Gasteiger partial charge in [-0.1, -0.05) is 29.3 Å². The summed E-state index contributed by atoms with van der Waals surface area (Å²) in [5.74, 6) is 0.733. The second kappa shape index (κ2) is 9.58.